The molecule has 1 aromatic carbocycles. The number of nitrogens with one attached hydrogen (secondary N) is 1. The molecule has 0 aliphatic heterocycles. The summed E-state index contributed by atoms with van der Waals surface area (Å²) >= 11 is 6.17. The molecule has 136 valence electrons. The fourth-order valence-corrected chi connectivity index (χ4v) is 4.62. The number of fused-ring (bicyclic) bond motifs is 2. The molecule has 0 aromatic heterocycles. The lowest BCUT2D eigenvalue weighted by atomic mass is 9.70. The number of hydrogen-bond donors (Lipinski definition) is 1. The van der Waals surface area contributed by atoms with E-state index in [4.69, 9.17) is 21.1 Å². The second-order valence-electron chi connectivity index (χ2n) is 7.69. The molecule has 0 saturated heterocycles. The predicted octanol–water partition coefficient (Wildman–Crippen LogP) is 4.29. The smallest absolute Gasteiger partial charge is 0.271 e. The van der Waals surface area contributed by atoms with Crippen molar-refractivity contribution in [2.75, 3.05) is 14.2 Å². The van der Waals surface area contributed by atoms with Gasteiger partial charge in [-0.25, -0.2) is 5.43 Å². The monoisotopic (exact) mass is 364 g/mol. The maximum atomic E-state index is 12.5. The van der Waals surface area contributed by atoms with Gasteiger partial charge >= 0.3 is 0 Å². The number of halogens is 1. The predicted molar refractivity (Wildman–Crippen MR) is 98.7 cm³/mol. The maximum absolute atomic E-state index is 12.5. The Balaban J connectivity index is 1.81. The summed E-state index contributed by atoms with van der Waals surface area (Å²) in [5, 5.41) is 4.81. The Morgan fingerprint density at radius 2 is 2.00 bits per heavy atom. The highest BCUT2D eigenvalue weighted by Crippen LogP contribution is 2.63. The van der Waals surface area contributed by atoms with Crippen molar-refractivity contribution < 1.29 is 14.3 Å². The average molecular weight is 365 g/mol. The number of hydrogen-bond acceptors (Lipinski definition) is 4. The zero-order valence-corrected chi connectivity index (χ0v) is 16.2. The second kappa shape index (κ2) is 6.20. The van der Waals surface area contributed by atoms with Crippen molar-refractivity contribution in [2.24, 2.45) is 21.8 Å². The van der Waals surface area contributed by atoms with Gasteiger partial charge in [0, 0.05) is 16.7 Å². The molecule has 2 atom stereocenters. The SMILES string of the molecule is COc1cc(C(=O)N/N=C2/C[C@@H]3CC[C@]2(C)C3(C)C)cc(Cl)c1OC. The van der Waals surface area contributed by atoms with E-state index in [0.29, 0.717) is 28.0 Å². The molecule has 2 aliphatic rings. The lowest BCUT2D eigenvalue weighted by molar-refractivity contribution is 0.0953. The third-order valence-electron chi connectivity index (χ3n) is 6.50. The number of hydrazone groups is 1. The van der Waals surface area contributed by atoms with Gasteiger partial charge in [-0.15, -0.1) is 0 Å². The van der Waals surface area contributed by atoms with Crippen LogP contribution in [0.5, 0.6) is 11.5 Å². The number of rotatable bonds is 4. The molecule has 2 fully saturated rings. The van der Waals surface area contributed by atoms with E-state index in [2.05, 4.69) is 31.3 Å². The fraction of sp³-hybridized carbons (Fsp3) is 0.579. The lowest BCUT2D eigenvalue weighted by Gasteiger charge is -2.34. The van der Waals surface area contributed by atoms with Crippen LogP contribution in [0.2, 0.25) is 5.02 Å². The number of amides is 1. The summed E-state index contributed by atoms with van der Waals surface area (Å²) in [6, 6.07) is 3.16. The normalized spacial score (nSPS) is 28.2. The van der Waals surface area contributed by atoms with Crippen LogP contribution in [0.1, 0.15) is 50.4 Å². The van der Waals surface area contributed by atoms with Crippen LogP contribution in [0.4, 0.5) is 0 Å². The van der Waals surface area contributed by atoms with Gasteiger partial charge in [0.1, 0.15) is 0 Å². The minimum Gasteiger partial charge on any atom is -0.493 e. The molecule has 0 unspecified atom stereocenters. The van der Waals surface area contributed by atoms with Crippen molar-refractivity contribution in [3.8, 4) is 11.5 Å². The average Bonchev–Trinajstić information content (AvgIpc) is 2.91. The Morgan fingerprint density at radius 3 is 2.52 bits per heavy atom. The number of carbonyl (C=O) groups is 1. The Kier molecular flexibility index (Phi) is 4.48. The quantitative estimate of drug-likeness (QED) is 0.811. The van der Waals surface area contributed by atoms with Gasteiger partial charge in [-0.1, -0.05) is 32.4 Å². The highest BCUT2D eigenvalue weighted by molar-refractivity contribution is 6.32. The molecular weight excluding hydrogens is 340 g/mol. The van der Waals surface area contributed by atoms with Crippen molar-refractivity contribution in [1.82, 2.24) is 5.43 Å². The van der Waals surface area contributed by atoms with Crippen LogP contribution in [-0.2, 0) is 0 Å². The van der Waals surface area contributed by atoms with E-state index >= 15 is 0 Å². The number of benzene rings is 1. The Bertz CT molecular complexity index is 744. The first-order valence-electron chi connectivity index (χ1n) is 8.53. The molecule has 1 amide bonds. The lowest BCUT2D eigenvalue weighted by Crippen LogP contribution is -2.34. The molecule has 2 saturated carbocycles. The number of nitrogens with zero attached hydrogens (tertiary/aromatic N) is 1. The molecule has 6 heteroatoms. The maximum Gasteiger partial charge on any atom is 0.271 e. The first-order valence-corrected chi connectivity index (χ1v) is 8.91. The molecule has 1 aromatic rings. The van der Waals surface area contributed by atoms with Gasteiger partial charge in [-0.3, -0.25) is 4.79 Å². The van der Waals surface area contributed by atoms with Gasteiger partial charge in [-0.2, -0.15) is 5.10 Å². The number of ether oxygens (including phenoxy) is 2. The molecule has 2 aliphatic carbocycles. The van der Waals surface area contributed by atoms with Crippen LogP contribution in [0.15, 0.2) is 17.2 Å². The topological polar surface area (TPSA) is 59.9 Å². The highest BCUT2D eigenvalue weighted by atomic mass is 35.5. The van der Waals surface area contributed by atoms with Crippen LogP contribution < -0.4 is 14.9 Å². The van der Waals surface area contributed by atoms with E-state index in [1.54, 1.807) is 12.1 Å². The third-order valence-corrected chi connectivity index (χ3v) is 6.78. The van der Waals surface area contributed by atoms with Crippen LogP contribution in [0, 0.1) is 16.7 Å². The summed E-state index contributed by atoms with van der Waals surface area (Å²) in [7, 11) is 3.02. The van der Waals surface area contributed by atoms with E-state index < -0.39 is 0 Å². The van der Waals surface area contributed by atoms with Crippen molar-refractivity contribution in [3.63, 3.8) is 0 Å². The summed E-state index contributed by atoms with van der Waals surface area (Å²) in [4.78, 5) is 12.5. The fourth-order valence-electron chi connectivity index (χ4n) is 4.33. The molecule has 0 radical (unpaired) electrons. The molecule has 3 rings (SSSR count). The van der Waals surface area contributed by atoms with Crippen LogP contribution >= 0.6 is 11.6 Å². The summed E-state index contributed by atoms with van der Waals surface area (Å²) in [5.41, 5.74) is 4.46. The first-order chi connectivity index (χ1) is 11.7. The molecular formula is C19H25ClN2O3. The minimum absolute atomic E-state index is 0.0557. The zero-order chi connectivity index (χ0) is 18.4. The Morgan fingerprint density at radius 1 is 1.28 bits per heavy atom. The third kappa shape index (κ3) is 2.69. The standard InChI is InChI=1S/C19H25ClN2O3/c1-18(2)12-6-7-19(18,3)15(10-12)21-22-17(23)11-8-13(20)16(25-5)14(9-11)24-4/h8-9,12H,6-7,10H2,1-5H3,(H,22,23)/b21-15-/t12-,19-/m0/s1. The van der Waals surface area contributed by atoms with E-state index in [-0.39, 0.29) is 16.7 Å². The van der Waals surface area contributed by atoms with Gasteiger partial charge < -0.3 is 9.47 Å². The van der Waals surface area contributed by atoms with Crippen LogP contribution in [0.25, 0.3) is 0 Å². The number of methoxy groups -OCH3 is 2. The van der Waals surface area contributed by atoms with E-state index in [1.807, 2.05) is 0 Å². The molecule has 5 nitrogen and oxygen atoms in total. The zero-order valence-electron chi connectivity index (χ0n) is 15.4. The van der Waals surface area contributed by atoms with Gasteiger partial charge in [0.15, 0.2) is 11.5 Å². The van der Waals surface area contributed by atoms with E-state index in [0.717, 1.165) is 18.6 Å². The summed E-state index contributed by atoms with van der Waals surface area (Å²) in [6.07, 6.45) is 3.32. The first kappa shape index (κ1) is 18.1. The van der Waals surface area contributed by atoms with E-state index in [1.165, 1.54) is 20.6 Å². The molecule has 2 bridgehead atoms. The minimum atomic E-state index is -0.306. The summed E-state index contributed by atoms with van der Waals surface area (Å²) in [6.45, 7) is 6.88. The largest absolute Gasteiger partial charge is 0.493 e. The van der Waals surface area contributed by atoms with Gasteiger partial charge in [0.25, 0.3) is 5.91 Å². The van der Waals surface area contributed by atoms with Gasteiger partial charge in [-0.05, 0) is 42.7 Å². The van der Waals surface area contributed by atoms with Crippen molar-refractivity contribution in [2.45, 2.75) is 40.0 Å². The summed E-state index contributed by atoms with van der Waals surface area (Å²) < 4.78 is 10.4. The Hall–Kier alpha value is -1.75. The van der Waals surface area contributed by atoms with Crippen LogP contribution in [0.3, 0.4) is 0 Å². The van der Waals surface area contributed by atoms with Gasteiger partial charge in [0.05, 0.1) is 19.2 Å². The number of carbonyl (C=O) groups excluding carboxylic acids is 1. The molecule has 0 heterocycles. The Labute approximate surface area is 153 Å². The molecule has 1 N–H and O–H groups in total. The van der Waals surface area contributed by atoms with Crippen molar-refractivity contribution in [3.05, 3.63) is 22.7 Å². The summed E-state index contributed by atoms with van der Waals surface area (Å²) in [5.74, 6) is 1.17. The second-order valence-corrected chi connectivity index (χ2v) is 8.09. The highest BCUT2D eigenvalue weighted by Gasteiger charge is 2.60. The van der Waals surface area contributed by atoms with Crippen molar-refractivity contribution >= 4 is 23.2 Å². The molecule has 0 spiro atoms. The van der Waals surface area contributed by atoms with Gasteiger partial charge in [0.2, 0.25) is 0 Å². The van der Waals surface area contributed by atoms with Crippen molar-refractivity contribution in [1.29, 1.82) is 0 Å². The van der Waals surface area contributed by atoms with E-state index in [9.17, 15) is 4.79 Å². The van der Waals surface area contributed by atoms with Crippen LogP contribution in [-0.4, -0.2) is 25.8 Å². The molecule has 25 heavy (non-hydrogen) atoms.